The van der Waals surface area contributed by atoms with Gasteiger partial charge in [-0.05, 0) is 18.2 Å². The molecule has 2 fully saturated rings. The summed E-state index contributed by atoms with van der Waals surface area (Å²) in [5.41, 5.74) is 0. The second-order valence-corrected chi connectivity index (χ2v) is 10.6. The standard InChI is InChI=1S/C14H17BrClN3O2S3/c15-11-1-2-13(12(16)9-11)24(20,21)19-5-3-17(4-6-19)10-18-7-8-23-14(18)22/h1-2,9H,3-8,10H2. The summed E-state index contributed by atoms with van der Waals surface area (Å²) in [5, 5.41) is 0.242. The lowest BCUT2D eigenvalue weighted by Gasteiger charge is -2.36. The van der Waals surface area contributed by atoms with Crippen molar-refractivity contribution in [3.8, 4) is 0 Å². The summed E-state index contributed by atoms with van der Waals surface area (Å²) in [5.74, 6) is 1.04. The summed E-state index contributed by atoms with van der Waals surface area (Å²) in [4.78, 5) is 4.58. The second kappa shape index (κ2) is 7.77. The molecule has 0 bridgehead atoms. The van der Waals surface area contributed by atoms with Gasteiger partial charge in [-0.3, -0.25) is 4.90 Å². The van der Waals surface area contributed by atoms with Crippen LogP contribution in [0.5, 0.6) is 0 Å². The third-order valence-corrected chi connectivity index (χ3v) is 8.44. The Bertz CT molecular complexity index is 739. The topological polar surface area (TPSA) is 43.9 Å². The largest absolute Gasteiger partial charge is 0.344 e. The van der Waals surface area contributed by atoms with Crippen LogP contribution in [0.2, 0.25) is 5.02 Å². The molecule has 2 heterocycles. The molecule has 0 unspecified atom stereocenters. The highest BCUT2D eigenvalue weighted by Gasteiger charge is 2.31. The van der Waals surface area contributed by atoms with Crippen LogP contribution in [0.25, 0.3) is 0 Å². The lowest BCUT2D eigenvalue weighted by molar-refractivity contribution is 0.142. The van der Waals surface area contributed by atoms with Crippen molar-refractivity contribution in [3.63, 3.8) is 0 Å². The molecule has 0 aliphatic carbocycles. The summed E-state index contributed by atoms with van der Waals surface area (Å²) in [6.07, 6.45) is 0. The van der Waals surface area contributed by atoms with Crippen LogP contribution in [0.4, 0.5) is 0 Å². The lowest BCUT2D eigenvalue weighted by atomic mass is 10.4. The number of rotatable bonds is 4. The minimum absolute atomic E-state index is 0.165. The Morgan fingerprint density at radius 3 is 2.50 bits per heavy atom. The van der Waals surface area contributed by atoms with Gasteiger partial charge in [0.1, 0.15) is 9.22 Å². The van der Waals surface area contributed by atoms with E-state index in [2.05, 4.69) is 25.7 Å². The minimum atomic E-state index is -3.56. The Labute approximate surface area is 165 Å². The summed E-state index contributed by atoms with van der Waals surface area (Å²) < 4.78 is 28.8. The smallest absolute Gasteiger partial charge is 0.244 e. The molecule has 2 aliphatic heterocycles. The Balaban J connectivity index is 1.64. The van der Waals surface area contributed by atoms with E-state index >= 15 is 0 Å². The van der Waals surface area contributed by atoms with Crippen molar-refractivity contribution in [2.45, 2.75) is 4.90 Å². The van der Waals surface area contributed by atoms with E-state index in [9.17, 15) is 8.42 Å². The number of halogens is 2. The van der Waals surface area contributed by atoms with Gasteiger partial charge in [0.15, 0.2) is 0 Å². The van der Waals surface area contributed by atoms with Gasteiger partial charge >= 0.3 is 0 Å². The quantitative estimate of drug-likeness (QED) is 0.631. The molecule has 0 radical (unpaired) electrons. The van der Waals surface area contributed by atoms with E-state index in [0.717, 1.165) is 27.8 Å². The highest BCUT2D eigenvalue weighted by molar-refractivity contribution is 9.10. The van der Waals surface area contributed by atoms with Crippen LogP contribution < -0.4 is 0 Å². The number of piperazine rings is 1. The van der Waals surface area contributed by atoms with Gasteiger partial charge in [-0.25, -0.2) is 8.42 Å². The van der Waals surface area contributed by atoms with E-state index < -0.39 is 10.0 Å². The van der Waals surface area contributed by atoms with E-state index in [-0.39, 0.29) is 9.92 Å². The van der Waals surface area contributed by atoms with E-state index in [1.807, 2.05) is 0 Å². The fourth-order valence-corrected chi connectivity index (χ4v) is 6.38. The van der Waals surface area contributed by atoms with Crippen LogP contribution in [-0.2, 0) is 10.0 Å². The fourth-order valence-electron chi connectivity index (χ4n) is 2.73. The molecule has 2 saturated heterocycles. The Hall–Kier alpha value is 0.1000. The first kappa shape index (κ1) is 18.9. The van der Waals surface area contributed by atoms with E-state index in [4.69, 9.17) is 23.8 Å². The Kier molecular flexibility index (Phi) is 6.11. The zero-order valence-electron chi connectivity index (χ0n) is 12.8. The van der Waals surface area contributed by atoms with Crippen molar-refractivity contribution in [2.75, 3.05) is 45.1 Å². The predicted molar refractivity (Wildman–Crippen MR) is 106 cm³/mol. The number of nitrogens with zero attached hydrogens (tertiary/aromatic N) is 3. The average Bonchev–Trinajstić information content (AvgIpc) is 2.92. The first-order valence-corrected chi connectivity index (χ1v) is 11.5. The molecule has 0 atom stereocenters. The molecule has 1 aromatic carbocycles. The van der Waals surface area contributed by atoms with Crippen LogP contribution >= 0.6 is 51.5 Å². The second-order valence-electron chi connectivity index (χ2n) is 5.62. The van der Waals surface area contributed by atoms with Crippen molar-refractivity contribution in [2.24, 2.45) is 0 Å². The number of hydrogen-bond acceptors (Lipinski definition) is 5. The number of thiocarbonyl (C=S) groups is 1. The predicted octanol–water partition coefficient (Wildman–Crippen LogP) is 2.70. The van der Waals surface area contributed by atoms with Crippen molar-refractivity contribution in [1.82, 2.24) is 14.1 Å². The molecule has 0 aromatic heterocycles. The Morgan fingerprint density at radius 2 is 1.92 bits per heavy atom. The molecule has 3 rings (SSSR count). The van der Waals surface area contributed by atoms with Crippen LogP contribution in [0.3, 0.4) is 0 Å². The number of sulfonamides is 1. The van der Waals surface area contributed by atoms with E-state index in [0.29, 0.717) is 26.2 Å². The molecule has 24 heavy (non-hydrogen) atoms. The van der Waals surface area contributed by atoms with Crippen molar-refractivity contribution in [3.05, 3.63) is 27.7 Å². The van der Waals surface area contributed by atoms with Gasteiger partial charge < -0.3 is 4.90 Å². The average molecular weight is 471 g/mol. The number of hydrogen-bond donors (Lipinski definition) is 0. The molecular weight excluding hydrogens is 454 g/mol. The third-order valence-electron chi connectivity index (χ3n) is 4.06. The van der Waals surface area contributed by atoms with E-state index in [1.165, 1.54) is 4.31 Å². The normalized spacial score (nSPS) is 20.8. The van der Waals surface area contributed by atoms with Gasteiger partial charge in [-0.1, -0.05) is 51.5 Å². The SMILES string of the molecule is O=S(=O)(c1ccc(Br)cc1Cl)N1CCN(CN2CCSC2=S)CC1. The van der Waals surface area contributed by atoms with Crippen molar-refractivity contribution < 1.29 is 8.42 Å². The van der Waals surface area contributed by atoms with Gasteiger partial charge in [0.2, 0.25) is 10.0 Å². The molecule has 5 nitrogen and oxygen atoms in total. The van der Waals surface area contributed by atoms with E-state index in [1.54, 1.807) is 30.0 Å². The molecule has 0 spiro atoms. The third kappa shape index (κ3) is 4.08. The summed E-state index contributed by atoms with van der Waals surface area (Å²) in [6, 6.07) is 4.85. The summed E-state index contributed by atoms with van der Waals surface area (Å²) in [6.45, 7) is 4.05. The van der Waals surface area contributed by atoms with Gasteiger partial charge in [0, 0.05) is 42.9 Å². The molecule has 132 valence electrons. The molecule has 1 aromatic rings. The van der Waals surface area contributed by atoms with Gasteiger partial charge in [0.05, 0.1) is 11.7 Å². The Morgan fingerprint density at radius 1 is 1.21 bits per heavy atom. The fraction of sp³-hybridized carbons (Fsp3) is 0.500. The maximum absolute atomic E-state index is 12.8. The van der Waals surface area contributed by atoms with Gasteiger partial charge in [0.25, 0.3) is 0 Å². The first-order chi connectivity index (χ1) is 11.4. The first-order valence-electron chi connectivity index (χ1n) is 7.47. The number of thioether (sulfide) groups is 1. The molecular formula is C14H17BrClN3O2S3. The zero-order chi connectivity index (χ0) is 17.3. The van der Waals surface area contributed by atoms with Gasteiger partial charge in [-0.15, -0.1) is 0 Å². The van der Waals surface area contributed by atoms with Crippen LogP contribution in [0.15, 0.2) is 27.6 Å². The maximum Gasteiger partial charge on any atom is 0.244 e. The molecule has 0 amide bonds. The number of benzene rings is 1. The molecule has 10 heteroatoms. The highest BCUT2D eigenvalue weighted by Crippen LogP contribution is 2.28. The maximum atomic E-state index is 12.8. The van der Waals surface area contributed by atoms with Crippen LogP contribution in [-0.4, -0.2) is 72.0 Å². The lowest BCUT2D eigenvalue weighted by Crippen LogP contribution is -2.51. The minimum Gasteiger partial charge on any atom is -0.344 e. The summed E-state index contributed by atoms with van der Waals surface area (Å²) in [7, 11) is -3.56. The van der Waals surface area contributed by atoms with Crippen LogP contribution in [0.1, 0.15) is 0 Å². The molecule has 0 N–H and O–H groups in total. The van der Waals surface area contributed by atoms with Crippen molar-refractivity contribution in [1.29, 1.82) is 0 Å². The van der Waals surface area contributed by atoms with Gasteiger partial charge in [-0.2, -0.15) is 4.31 Å². The zero-order valence-corrected chi connectivity index (χ0v) is 17.6. The molecule has 2 aliphatic rings. The summed E-state index contributed by atoms with van der Waals surface area (Å²) >= 11 is 16.4. The van der Waals surface area contributed by atoms with Crippen molar-refractivity contribution >= 4 is 65.9 Å². The van der Waals surface area contributed by atoms with Crippen LogP contribution in [0, 0.1) is 0 Å². The monoisotopic (exact) mass is 469 g/mol. The molecule has 0 saturated carbocycles. The highest BCUT2D eigenvalue weighted by atomic mass is 79.9.